The Morgan fingerprint density at radius 2 is 1.82 bits per heavy atom. The minimum absolute atomic E-state index is 0.552. The van der Waals surface area contributed by atoms with Crippen LogP contribution in [-0.2, 0) is 0 Å². The van der Waals surface area contributed by atoms with E-state index in [1.54, 1.807) is 0 Å². The van der Waals surface area contributed by atoms with Gasteiger partial charge in [0.1, 0.15) is 5.82 Å². The molecule has 0 saturated heterocycles. The highest BCUT2D eigenvalue weighted by Gasteiger charge is 2.29. The summed E-state index contributed by atoms with van der Waals surface area (Å²) >= 11 is 10.0. The van der Waals surface area contributed by atoms with Gasteiger partial charge in [0.15, 0.2) is 0 Å². The fourth-order valence-electron chi connectivity index (χ4n) is 3.45. The summed E-state index contributed by atoms with van der Waals surface area (Å²) in [4.78, 5) is 4.98. The lowest BCUT2D eigenvalue weighted by Gasteiger charge is -2.24. The second-order valence-electron chi connectivity index (χ2n) is 6.60. The molecule has 2 aliphatic carbocycles. The van der Waals surface area contributed by atoms with Crippen molar-refractivity contribution >= 4 is 44.1 Å². The molecule has 22 heavy (non-hydrogen) atoms. The number of nitrogens with one attached hydrogen (secondary N) is 1. The first-order valence-corrected chi connectivity index (χ1v) is 9.44. The SMILES string of the molecule is Clc1ccc2c(Br)c(C3CC3)nc(NC3CCCCC3)c2c1. The minimum Gasteiger partial charge on any atom is -0.367 e. The third kappa shape index (κ3) is 2.85. The fraction of sp³-hybridized carbons (Fsp3) is 0.500. The fourth-order valence-corrected chi connectivity index (χ4v) is 4.38. The molecule has 2 aliphatic rings. The zero-order valence-electron chi connectivity index (χ0n) is 12.5. The molecule has 4 heteroatoms. The van der Waals surface area contributed by atoms with E-state index in [1.165, 1.54) is 56.0 Å². The zero-order chi connectivity index (χ0) is 15.1. The van der Waals surface area contributed by atoms with Crippen LogP contribution in [0.3, 0.4) is 0 Å². The van der Waals surface area contributed by atoms with E-state index in [2.05, 4.69) is 27.3 Å². The Hall–Kier alpha value is -0.800. The van der Waals surface area contributed by atoms with Gasteiger partial charge in [0.2, 0.25) is 0 Å². The van der Waals surface area contributed by atoms with E-state index in [1.807, 2.05) is 12.1 Å². The summed E-state index contributed by atoms with van der Waals surface area (Å²) < 4.78 is 1.15. The quantitative estimate of drug-likeness (QED) is 0.679. The molecule has 0 bridgehead atoms. The van der Waals surface area contributed by atoms with Crippen molar-refractivity contribution < 1.29 is 0 Å². The van der Waals surface area contributed by atoms with Crippen molar-refractivity contribution in [3.05, 3.63) is 33.4 Å². The lowest BCUT2D eigenvalue weighted by atomic mass is 9.95. The van der Waals surface area contributed by atoms with Crippen molar-refractivity contribution in [2.45, 2.75) is 56.9 Å². The summed E-state index contributed by atoms with van der Waals surface area (Å²) in [6.45, 7) is 0. The molecule has 0 aliphatic heterocycles. The Kier molecular flexibility index (Phi) is 4.04. The van der Waals surface area contributed by atoms with E-state index in [0.29, 0.717) is 12.0 Å². The van der Waals surface area contributed by atoms with Gasteiger partial charge in [0.25, 0.3) is 0 Å². The number of fused-ring (bicyclic) bond motifs is 1. The molecule has 116 valence electrons. The maximum atomic E-state index is 6.23. The molecule has 1 heterocycles. The molecule has 2 saturated carbocycles. The van der Waals surface area contributed by atoms with E-state index in [0.717, 1.165) is 20.7 Å². The molecule has 4 rings (SSSR count). The standard InChI is InChI=1S/C18H20BrClN2/c19-16-14-9-8-12(20)10-15(14)18(22-17(16)11-6-7-11)21-13-4-2-1-3-5-13/h8-11,13H,1-7H2,(H,21,22). The molecule has 2 fully saturated rings. The number of rotatable bonds is 3. The van der Waals surface area contributed by atoms with Crippen molar-refractivity contribution in [3.8, 4) is 0 Å². The van der Waals surface area contributed by atoms with Gasteiger partial charge in [-0.15, -0.1) is 0 Å². The lowest BCUT2D eigenvalue weighted by molar-refractivity contribution is 0.462. The average Bonchev–Trinajstić information content (AvgIpc) is 3.36. The van der Waals surface area contributed by atoms with Crippen LogP contribution in [0.1, 0.15) is 56.6 Å². The van der Waals surface area contributed by atoms with Crippen LogP contribution in [0, 0.1) is 0 Å². The van der Waals surface area contributed by atoms with Crippen molar-refractivity contribution in [1.82, 2.24) is 4.98 Å². The highest BCUT2D eigenvalue weighted by Crippen LogP contribution is 2.45. The molecule has 0 radical (unpaired) electrons. The van der Waals surface area contributed by atoms with Crippen molar-refractivity contribution in [1.29, 1.82) is 0 Å². The van der Waals surface area contributed by atoms with E-state index in [4.69, 9.17) is 16.6 Å². The summed E-state index contributed by atoms with van der Waals surface area (Å²) in [6, 6.07) is 6.67. The summed E-state index contributed by atoms with van der Waals surface area (Å²) in [5, 5.41) is 6.84. The molecular weight excluding hydrogens is 360 g/mol. The molecule has 0 atom stereocenters. The number of nitrogens with zero attached hydrogens (tertiary/aromatic N) is 1. The second-order valence-corrected chi connectivity index (χ2v) is 7.83. The number of aromatic nitrogens is 1. The summed E-state index contributed by atoms with van der Waals surface area (Å²) in [7, 11) is 0. The van der Waals surface area contributed by atoms with Gasteiger partial charge in [0, 0.05) is 32.2 Å². The third-order valence-electron chi connectivity index (χ3n) is 4.84. The van der Waals surface area contributed by atoms with Gasteiger partial charge in [-0.2, -0.15) is 0 Å². The van der Waals surface area contributed by atoms with E-state index >= 15 is 0 Å². The normalized spacial score (nSPS) is 19.5. The van der Waals surface area contributed by atoms with Gasteiger partial charge in [0.05, 0.1) is 5.69 Å². The molecule has 2 nitrogen and oxygen atoms in total. The zero-order valence-corrected chi connectivity index (χ0v) is 14.9. The van der Waals surface area contributed by atoms with Crippen LogP contribution in [0.25, 0.3) is 10.8 Å². The van der Waals surface area contributed by atoms with Crippen molar-refractivity contribution in [3.63, 3.8) is 0 Å². The van der Waals surface area contributed by atoms with Crippen LogP contribution in [0.5, 0.6) is 0 Å². The van der Waals surface area contributed by atoms with Gasteiger partial charge in [-0.3, -0.25) is 0 Å². The van der Waals surface area contributed by atoms with E-state index in [-0.39, 0.29) is 0 Å². The smallest absolute Gasteiger partial charge is 0.134 e. The second kappa shape index (κ2) is 6.01. The summed E-state index contributed by atoms with van der Waals surface area (Å²) in [5.74, 6) is 1.65. The number of anilines is 1. The summed E-state index contributed by atoms with van der Waals surface area (Å²) in [5.41, 5.74) is 1.22. The maximum absolute atomic E-state index is 6.23. The Balaban J connectivity index is 1.79. The Morgan fingerprint density at radius 1 is 1.05 bits per heavy atom. The number of benzene rings is 1. The monoisotopic (exact) mass is 378 g/mol. The molecule has 1 N–H and O–H groups in total. The predicted molar refractivity (Wildman–Crippen MR) is 96.9 cm³/mol. The highest BCUT2D eigenvalue weighted by atomic mass is 79.9. The predicted octanol–water partition coefficient (Wildman–Crippen LogP) is 6.27. The largest absolute Gasteiger partial charge is 0.367 e. The maximum Gasteiger partial charge on any atom is 0.134 e. The molecule has 1 aromatic heterocycles. The first-order valence-electron chi connectivity index (χ1n) is 8.27. The number of hydrogen-bond donors (Lipinski definition) is 1. The van der Waals surface area contributed by atoms with Crippen LogP contribution in [-0.4, -0.2) is 11.0 Å². The van der Waals surface area contributed by atoms with Gasteiger partial charge >= 0.3 is 0 Å². The van der Waals surface area contributed by atoms with Crippen LogP contribution in [0.4, 0.5) is 5.82 Å². The molecule has 2 aromatic rings. The molecule has 0 spiro atoms. The third-order valence-corrected chi connectivity index (χ3v) is 5.91. The van der Waals surface area contributed by atoms with Crippen LogP contribution in [0.15, 0.2) is 22.7 Å². The van der Waals surface area contributed by atoms with Crippen molar-refractivity contribution in [2.75, 3.05) is 5.32 Å². The van der Waals surface area contributed by atoms with Crippen LogP contribution in [0.2, 0.25) is 5.02 Å². The van der Waals surface area contributed by atoms with E-state index in [9.17, 15) is 0 Å². The summed E-state index contributed by atoms with van der Waals surface area (Å²) in [6.07, 6.45) is 9.02. The van der Waals surface area contributed by atoms with Gasteiger partial charge in [-0.05, 0) is 53.7 Å². The Bertz CT molecular complexity index is 706. The molecule has 0 unspecified atom stereocenters. The first-order chi connectivity index (χ1) is 10.7. The highest BCUT2D eigenvalue weighted by molar-refractivity contribution is 9.10. The molecule has 1 aromatic carbocycles. The number of halogens is 2. The Labute approximate surface area is 144 Å². The Morgan fingerprint density at radius 3 is 2.55 bits per heavy atom. The number of hydrogen-bond acceptors (Lipinski definition) is 2. The van der Waals surface area contributed by atoms with Crippen molar-refractivity contribution in [2.24, 2.45) is 0 Å². The minimum atomic E-state index is 0.552. The molecular formula is C18H20BrClN2. The van der Waals surface area contributed by atoms with Crippen LogP contribution < -0.4 is 5.32 Å². The average molecular weight is 380 g/mol. The van der Waals surface area contributed by atoms with Gasteiger partial charge < -0.3 is 5.32 Å². The van der Waals surface area contributed by atoms with Gasteiger partial charge in [-0.25, -0.2) is 4.98 Å². The van der Waals surface area contributed by atoms with E-state index < -0.39 is 0 Å². The lowest BCUT2D eigenvalue weighted by Crippen LogP contribution is -2.23. The first kappa shape index (κ1) is 14.8. The van der Waals surface area contributed by atoms with Crippen LogP contribution >= 0.6 is 27.5 Å². The van der Waals surface area contributed by atoms with Gasteiger partial charge in [-0.1, -0.05) is 36.9 Å². The number of pyridine rings is 1. The topological polar surface area (TPSA) is 24.9 Å². The molecule has 0 amide bonds.